The van der Waals surface area contributed by atoms with Crippen molar-refractivity contribution in [3.05, 3.63) is 58.0 Å². The number of phenols is 1. The van der Waals surface area contributed by atoms with Crippen molar-refractivity contribution in [2.75, 3.05) is 32.1 Å². The summed E-state index contributed by atoms with van der Waals surface area (Å²) < 4.78 is 64.2. The number of nitrogens with one attached hydrogen (secondary N) is 1. The summed E-state index contributed by atoms with van der Waals surface area (Å²) in [4.78, 5) is 53.8. The zero-order valence-electron chi connectivity index (χ0n) is 38.7. The minimum atomic E-state index is -5.29. The number of aromatic hydroxyl groups is 1. The van der Waals surface area contributed by atoms with Crippen LogP contribution in [-0.2, 0) is 34.2 Å². The van der Waals surface area contributed by atoms with Crippen molar-refractivity contribution in [1.82, 2.24) is 4.90 Å². The molecule has 1 amide bonds. The Morgan fingerprint density at radius 3 is 2.25 bits per heavy atom. The van der Waals surface area contributed by atoms with E-state index >= 15 is 0 Å². The highest BCUT2D eigenvalue weighted by atomic mass is 32.3. The standard InChI is InChI=1S/C46H62N4O14S/c1-22(2)21-50-18-16-46(17-19-50)48-34-31-32-39(54)36(35(34)49-46)47-44(56)24(4)14-12-13-23(3)37(52)26(6)38(53)27(7)40(62-29(9)51)25(5)30(60-11)15-20-61-45(10)43(55)33(31)41(63-45)28(8)42(32)64-65(57,58)59/h12-15,20,22-23,25-27,30,37-38,40,52-54H,16-19,21H2,1-11H3,(H,47,56)(H,57,58,59)/b13-12+,20-15+,24-14-/t23-,25+,26+,27+,30-,37-,38+,40+,45-/m0/s1. The first-order valence-electron chi connectivity index (χ1n) is 21.9. The Hall–Kier alpha value is -4.92. The number of Topliss-reactive ketones (excluding diaryl/α,β-unsaturated/α-hetero) is 1. The second-order valence-electron chi connectivity index (χ2n) is 18.4. The molecule has 1 spiro atoms. The van der Waals surface area contributed by atoms with Crippen LogP contribution in [0.1, 0.15) is 91.1 Å². The summed E-state index contributed by atoms with van der Waals surface area (Å²) in [6.07, 6.45) is 4.22. The maximum absolute atomic E-state index is 14.9. The average molecular weight is 927 g/mol. The summed E-state index contributed by atoms with van der Waals surface area (Å²) >= 11 is 0. The third-order valence-electron chi connectivity index (χ3n) is 13.1. The number of anilines is 1. The molecule has 4 heterocycles. The van der Waals surface area contributed by atoms with Gasteiger partial charge >= 0.3 is 22.2 Å². The number of methoxy groups -OCH3 is 1. The molecule has 2 aromatic rings. The van der Waals surface area contributed by atoms with Crippen LogP contribution in [0.15, 0.2) is 46.1 Å². The Kier molecular flexibility index (Phi) is 14.3. The van der Waals surface area contributed by atoms with Crippen LogP contribution in [0.3, 0.4) is 0 Å². The van der Waals surface area contributed by atoms with Gasteiger partial charge in [0.1, 0.15) is 22.9 Å². The molecule has 5 N–H and O–H groups in total. The maximum Gasteiger partial charge on any atom is 0.446 e. The van der Waals surface area contributed by atoms with E-state index < -0.39 is 99.1 Å². The third-order valence-corrected chi connectivity index (χ3v) is 13.4. The number of hydrogen-bond acceptors (Lipinski definition) is 16. The van der Waals surface area contributed by atoms with Gasteiger partial charge < -0.3 is 48.7 Å². The zero-order valence-corrected chi connectivity index (χ0v) is 39.6. The second-order valence-corrected chi connectivity index (χ2v) is 19.5. The lowest BCUT2D eigenvalue weighted by Crippen LogP contribution is -2.46. The number of carbonyl (C=O) groups excluding carboxylic acids is 3. The molecule has 0 aliphatic carbocycles. The maximum atomic E-state index is 14.9. The highest BCUT2D eigenvalue weighted by Gasteiger charge is 2.51. The van der Waals surface area contributed by atoms with E-state index in [2.05, 4.69) is 24.1 Å². The molecule has 1 saturated heterocycles. The van der Waals surface area contributed by atoms with E-state index in [1.807, 2.05) is 0 Å². The number of amides is 1. The Bertz CT molecular complexity index is 2570. The monoisotopic (exact) mass is 926 g/mol. The fraction of sp³-hybridized carbons (Fsp3) is 0.587. The van der Waals surface area contributed by atoms with E-state index in [0.717, 1.165) is 6.54 Å². The summed E-state index contributed by atoms with van der Waals surface area (Å²) in [5.41, 5.74) is -1.46. The van der Waals surface area contributed by atoms with Crippen molar-refractivity contribution in [3.63, 3.8) is 0 Å². The van der Waals surface area contributed by atoms with Crippen LogP contribution in [0.2, 0.25) is 0 Å². The van der Waals surface area contributed by atoms with E-state index in [0.29, 0.717) is 31.8 Å². The first-order chi connectivity index (χ1) is 30.3. The molecule has 6 rings (SSSR count). The third kappa shape index (κ3) is 9.81. The van der Waals surface area contributed by atoms with E-state index in [1.54, 1.807) is 39.8 Å². The number of aliphatic hydroxyl groups is 2. The molecule has 1 fully saturated rings. The SMILES string of the molecule is CO[C@H]1/C=C/O[C@@]2(C)Oc3c(C)c(OS(=O)(=O)O)c4c(O)c(c5c(c4c3C2=O)=NC2(CCN(CC(C)C)CC2)N=5)NC(=O)/C(C)=C\C=C\[C@H](C)[C@H](O)[C@@H](C)[C@@H](O)[C@@H](C)[C@H](OC(C)=O)[C@@H]1C. The van der Waals surface area contributed by atoms with E-state index in [-0.39, 0.29) is 49.6 Å². The number of ketones is 1. The molecule has 0 unspecified atom stereocenters. The Balaban J connectivity index is 1.61. The molecule has 0 saturated carbocycles. The molecule has 4 aliphatic rings. The fourth-order valence-corrected chi connectivity index (χ4v) is 9.81. The van der Waals surface area contributed by atoms with Crippen molar-refractivity contribution in [2.45, 2.75) is 118 Å². The summed E-state index contributed by atoms with van der Waals surface area (Å²) in [5.74, 6) is -7.92. The summed E-state index contributed by atoms with van der Waals surface area (Å²) in [7, 11) is -3.87. The van der Waals surface area contributed by atoms with Gasteiger partial charge in [0.2, 0.25) is 0 Å². The van der Waals surface area contributed by atoms with Crippen LogP contribution in [-0.4, -0.2) is 113 Å². The Labute approximate surface area is 379 Å². The highest BCUT2D eigenvalue weighted by molar-refractivity contribution is 7.81. The molecule has 2 aromatic carbocycles. The Morgan fingerprint density at radius 2 is 1.65 bits per heavy atom. The molecule has 356 valence electrons. The number of allylic oxidation sites excluding steroid dienone is 2. The minimum absolute atomic E-state index is 0.0299. The van der Waals surface area contributed by atoms with Gasteiger partial charge in [0.15, 0.2) is 17.2 Å². The van der Waals surface area contributed by atoms with Gasteiger partial charge in [0.05, 0.1) is 40.9 Å². The number of aliphatic hydroxyl groups excluding tert-OH is 2. The van der Waals surface area contributed by atoms with Crippen molar-refractivity contribution >= 4 is 44.5 Å². The molecule has 9 atom stereocenters. The first-order valence-corrected chi connectivity index (χ1v) is 23.2. The predicted octanol–water partition coefficient (Wildman–Crippen LogP) is 4.23. The molecule has 18 nitrogen and oxygen atoms in total. The smallest absolute Gasteiger partial charge is 0.446 e. The molecular formula is C46H62N4O14S. The van der Waals surface area contributed by atoms with E-state index in [9.17, 15) is 42.7 Å². The van der Waals surface area contributed by atoms with Crippen molar-refractivity contribution in [3.8, 4) is 17.2 Å². The van der Waals surface area contributed by atoms with Gasteiger partial charge in [-0.2, -0.15) is 8.42 Å². The topological polar surface area (TPSA) is 252 Å². The van der Waals surface area contributed by atoms with Gasteiger partial charge in [-0.05, 0) is 25.8 Å². The van der Waals surface area contributed by atoms with Crippen LogP contribution < -0.4 is 25.0 Å². The van der Waals surface area contributed by atoms with Gasteiger partial charge in [0, 0.05) is 93.6 Å². The average Bonchev–Trinajstić information content (AvgIpc) is 3.73. The lowest BCUT2D eigenvalue weighted by atomic mass is 9.78. The van der Waals surface area contributed by atoms with Gasteiger partial charge in [0.25, 0.3) is 11.7 Å². The molecule has 65 heavy (non-hydrogen) atoms. The number of nitrogens with zero attached hydrogens (tertiary/aromatic N) is 3. The first kappa shape index (κ1) is 49.5. The molecule has 0 radical (unpaired) electrons. The molecule has 0 aromatic heterocycles. The Morgan fingerprint density at radius 1 is 1.00 bits per heavy atom. The molecule has 19 heteroatoms. The zero-order chi connectivity index (χ0) is 48.1. The molecular weight excluding hydrogens is 865 g/mol. The van der Waals surface area contributed by atoms with Crippen LogP contribution in [0, 0.1) is 36.5 Å². The van der Waals surface area contributed by atoms with E-state index in [4.69, 9.17) is 33.1 Å². The van der Waals surface area contributed by atoms with Crippen molar-refractivity contribution < 1.29 is 65.8 Å². The lowest BCUT2D eigenvalue weighted by Gasteiger charge is -2.38. The van der Waals surface area contributed by atoms with Crippen LogP contribution in [0.4, 0.5) is 5.69 Å². The molecule has 4 aliphatic heterocycles. The quantitative estimate of drug-likeness (QED) is 0.155. The molecule has 4 bridgehead atoms. The van der Waals surface area contributed by atoms with Gasteiger partial charge in [-0.1, -0.05) is 59.8 Å². The predicted molar refractivity (Wildman–Crippen MR) is 238 cm³/mol. The number of ether oxygens (including phenoxy) is 4. The number of rotatable bonds is 6. The largest absolute Gasteiger partial charge is 0.505 e. The van der Waals surface area contributed by atoms with Gasteiger partial charge in [-0.15, -0.1) is 0 Å². The number of phenolic OH excluding ortho intramolecular Hbond substituents is 1. The van der Waals surface area contributed by atoms with Gasteiger partial charge in [-0.3, -0.25) is 28.9 Å². The minimum Gasteiger partial charge on any atom is -0.505 e. The number of piperidine rings is 1. The van der Waals surface area contributed by atoms with Crippen LogP contribution >= 0.6 is 0 Å². The van der Waals surface area contributed by atoms with Crippen LogP contribution in [0.25, 0.3) is 10.8 Å². The summed E-state index contributed by atoms with van der Waals surface area (Å²) in [6, 6.07) is 0. The van der Waals surface area contributed by atoms with Crippen LogP contribution in [0.5, 0.6) is 17.2 Å². The lowest BCUT2D eigenvalue weighted by molar-refractivity contribution is -0.160. The fourth-order valence-electron chi connectivity index (χ4n) is 9.40. The number of likely N-dealkylation sites (tertiary alicyclic amines) is 1. The number of fused-ring (bicyclic) bond motifs is 1. The second kappa shape index (κ2) is 18.8. The number of hydrogen-bond donors (Lipinski definition) is 5. The summed E-state index contributed by atoms with van der Waals surface area (Å²) in [5, 5.41) is 37.7. The number of esters is 1. The summed E-state index contributed by atoms with van der Waals surface area (Å²) in [6.45, 7) is 18.6. The number of benzene rings is 2. The van der Waals surface area contributed by atoms with Crippen molar-refractivity contribution in [1.29, 1.82) is 0 Å². The van der Waals surface area contributed by atoms with E-state index in [1.165, 1.54) is 53.2 Å². The van der Waals surface area contributed by atoms with Gasteiger partial charge in [-0.25, -0.2) is 0 Å². The highest BCUT2D eigenvalue weighted by Crippen LogP contribution is 2.50. The van der Waals surface area contributed by atoms with Crippen molar-refractivity contribution in [2.24, 2.45) is 39.6 Å². The number of carbonyl (C=O) groups is 3. The normalized spacial score (nSPS) is 31.6.